The third kappa shape index (κ3) is 5.62. The van der Waals surface area contributed by atoms with Crippen LogP contribution in [0.25, 0.3) is 0 Å². The van der Waals surface area contributed by atoms with Crippen LogP contribution in [-0.4, -0.2) is 107 Å². The maximum atomic E-state index is 13.7. The normalized spacial score (nSPS) is 29.0. The third-order valence-corrected chi connectivity index (χ3v) is 16.2. The van der Waals surface area contributed by atoms with Crippen LogP contribution >= 0.6 is 0 Å². The van der Waals surface area contributed by atoms with Crippen LogP contribution in [0.1, 0.15) is 43.9 Å². The largest absolute Gasteiger partial charge is 0.480 e. The molecule has 6 heterocycles. The number of amides is 2. The van der Waals surface area contributed by atoms with E-state index in [0.717, 1.165) is 16.0 Å². The SMILES string of the molecule is C[C@]1(Cn2ccnc2)C(C(=O)OC(c2ccccc2)c2ccccc2)N2C(=O)CC2S1(=O)=O.C[C@]1(Cn2ccnc2)[C@H](C(=O)O)N2C(=O)CC2S1(=O)=O. The first-order valence-corrected chi connectivity index (χ1v) is 19.7. The zero-order chi connectivity index (χ0) is 37.9. The lowest BCUT2D eigenvalue weighted by atomic mass is 9.95. The van der Waals surface area contributed by atoms with Gasteiger partial charge < -0.3 is 28.8 Å². The number of imidazole rings is 2. The van der Waals surface area contributed by atoms with E-state index in [0.29, 0.717) is 0 Å². The summed E-state index contributed by atoms with van der Waals surface area (Å²) in [6.45, 7) is 2.83. The average Bonchev–Trinajstić information content (AvgIpc) is 3.88. The summed E-state index contributed by atoms with van der Waals surface area (Å²) in [5.41, 5.74) is 1.50. The topological polar surface area (TPSA) is 208 Å². The van der Waals surface area contributed by atoms with Crippen molar-refractivity contribution in [2.45, 2.75) is 78.2 Å². The van der Waals surface area contributed by atoms with Crippen molar-refractivity contribution in [3.63, 3.8) is 0 Å². The zero-order valence-corrected chi connectivity index (χ0v) is 30.2. The van der Waals surface area contributed by atoms with Gasteiger partial charge in [0.25, 0.3) is 0 Å². The van der Waals surface area contributed by atoms with E-state index in [9.17, 15) is 41.1 Å². The van der Waals surface area contributed by atoms with Crippen molar-refractivity contribution < 1.29 is 45.9 Å². The molecular weight excluding hydrogens is 729 g/mol. The van der Waals surface area contributed by atoms with Crippen LogP contribution in [-0.2, 0) is 56.7 Å². The van der Waals surface area contributed by atoms with Gasteiger partial charge in [0.1, 0.15) is 20.2 Å². The summed E-state index contributed by atoms with van der Waals surface area (Å²) in [6.07, 6.45) is 8.16. The lowest BCUT2D eigenvalue weighted by Gasteiger charge is -2.37. The Hall–Kier alpha value is -5.36. The average molecular weight is 765 g/mol. The Kier molecular flexibility index (Phi) is 8.80. The van der Waals surface area contributed by atoms with E-state index in [4.69, 9.17) is 4.74 Å². The summed E-state index contributed by atoms with van der Waals surface area (Å²) >= 11 is 0. The molecule has 6 atom stereocenters. The van der Waals surface area contributed by atoms with E-state index in [1.807, 2.05) is 60.7 Å². The number of aliphatic carboxylic acids is 1. The Morgan fingerprint density at radius 3 is 1.55 bits per heavy atom. The standard InChI is InChI=1S/C24H23N3O5S.C11H13N3O5S/c1-24(15-26-13-12-25-16-26)22(27-19(28)14-20(27)33(24,30)31)23(29)32-21(17-8-4-2-5-9-17)18-10-6-3-7-11-18;1-11(5-13-3-2-12-6-13)9(10(16)17)14-7(15)4-8(14)20(11,18)19/h2-13,16,20-22H,14-15H2,1H3;2-3,6,8-9H,4-5H2,1H3,(H,16,17)/t20?,22?,24-;8?,9-,11-/m00/s1. The van der Waals surface area contributed by atoms with Crippen molar-refractivity contribution in [1.29, 1.82) is 0 Å². The predicted octanol–water partition coefficient (Wildman–Crippen LogP) is 1.41. The van der Waals surface area contributed by atoms with Crippen LogP contribution < -0.4 is 0 Å². The number of carboxylic acid groups (broad SMARTS) is 1. The van der Waals surface area contributed by atoms with Gasteiger partial charge in [-0.05, 0) is 25.0 Å². The molecule has 4 saturated heterocycles. The van der Waals surface area contributed by atoms with E-state index in [1.165, 1.54) is 42.2 Å². The Morgan fingerprint density at radius 1 is 0.755 bits per heavy atom. The summed E-state index contributed by atoms with van der Waals surface area (Å²) in [5.74, 6) is -2.84. The number of carbonyl (C=O) groups is 4. The second kappa shape index (κ2) is 12.9. The van der Waals surface area contributed by atoms with Crippen LogP contribution in [0.2, 0.25) is 0 Å². The van der Waals surface area contributed by atoms with Gasteiger partial charge in [0.2, 0.25) is 11.8 Å². The van der Waals surface area contributed by atoms with Gasteiger partial charge in [-0.2, -0.15) is 0 Å². The van der Waals surface area contributed by atoms with Gasteiger partial charge in [-0.3, -0.25) is 9.59 Å². The van der Waals surface area contributed by atoms with E-state index < -0.39 is 75.9 Å². The van der Waals surface area contributed by atoms with Crippen molar-refractivity contribution in [2.24, 2.45) is 0 Å². The molecule has 2 aromatic heterocycles. The number of carbonyl (C=O) groups excluding carboxylic acids is 3. The number of benzene rings is 2. The lowest BCUT2D eigenvalue weighted by Crippen LogP contribution is -2.58. The first-order chi connectivity index (χ1) is 25.1. The van der Waals surface area contributed by atoms with Gasteiger partial charge in [0.15, 0.2) is 37.9 Å². The fourth-order valence-electron chi connectivity index (χ4n) is 7.81. The van der Waals surface area contributed by atoms with Crippen molar-refractivity contribution in [1.82, 2.24) is 28.9 Å². The van der Waals surface area contributed by atoms with Gasteiger partial charge in [-0.15, -0.1) is 0 Å². The molecule has 0 radical (unpaired) electrons. The Morgan fingerprint density at radius 2 is 1.17 bits per heavy atom. The summed E-state index contributed by atoms with van der Waals surface area (Å²) in [6, 6.07) is 15.9. The molecule has 2 amide bonds. The maximum absolute atomic E-state index is 13.7. The maximum Gasteiger partial charge on any atom is 0.331 e. The zero-order valence-electron chi connectivity index (χ0n) is 28.6. The fourth-order valence-corrected chi connectivity index (χ4v) is 12.6. The van der Waals surface area contributed by atoms with Crippen LogP contribution in [0.4, 0.5) is 0 Å². The number of ether oxygens (including phenoxy) is 1. The molecule has 2 aromatic carbocycles. The summed E-state index contributed by atoms with van der Waals surface area (Å²) in [7, 11) is -7.60. The minimum atomic E-state index is -3.84. The molecule has 4 aromatic rings. The Labute approximate surface area is 304 Å². The van der Waals surface area contributed by atoms with E-state index in [1.54, 1.807) is 23.2 Å². The van der Waals surface area contributed by atoms with Crippen molar-refractivity contribution in [2.75, 3.05) is 0 Å². The molecule has 0 aliphatic carbocycles. The first-order valence-electron chi connectivity index (χ1n) is 16.7. The molecule has 18 heteroatoms. The monoisotopic (exact) mass is 764 g/mol. The fraction of sp³-hybridized carbons (Fsp3) is 0.371. The van der Waals surface area contributed by atoms with E-state index in [2.05, 4.69) is 9.97 Å². The van der Waals surface area contributed by atoms with Crippen LogP contribution in [0.15, 0.2) is 98.1 Å². The summed E-state index contributed by atoms with van der Waals surface area (Å²) in [4.78, 5) is 59.2. The molecule has 53 heavy (non-hydrogen) atoms. The third-order valence-electron chi connectivity index (χ3n) is 10.6. The van der Waals surface area contributed by atoms with Crippen molar-refractivity contribution in [3.05, 3.63) is 109 Å². The number of β-lactam (4-membered cyclic amide) rings is 2. The number of sulfone groups is 2. The highest BCUT2D eigenvalue weighted by Gasteiger charge is 2.71. The van der Waals surface area contributed by atoms with Gasteiger partial charge in [0.05, 0.1) is 25.5 Å². The number of nitrogens with zero attached hydrogens (tertiary/aromatic N) is 6. The smallest absolute Gasteiger partial charge is 0.331 e. The lowest BCUT2D eigenvalue weighted by molar-refractivity contribution is -0.164. The number of hydrogen-bond acceptors (Lipinski definition) is 11. The van der Waals surface area contributed by atoms with Crippen LogP contribution in [0, 0.1) is 0 Å². The van der Waals surface area contributed by atoms with Crippen molar-refractivity contribution >= 4 is 43.4 Å². The predicted molar refractivity (Wildman–Crippen MR) is 186 cm³/mol. The number of fused-ring (bicyclic) bond motifs is 2. The molecule has 3 unspecified atom stereocenters. The number of carboxylic acids is 1. The minimum Gasteiger partial charge on any atom is -0.480 e. The number of esters is 1. The number of aromatic nitrogens is 4. The molecule has 0 saturated carbocycles. The molecular formula is C35H36N6O10S2. The Balaban J connectivity index is 0.000000186. The molecule has 0 spiro atoms. The van der Waals surface area contributed by atoms with Gasteiger partial charge in [-0.25, -0.2) is 36.4 Å². The van der Waals surface area contributed by atoms with Crippen molar-refractivity contribution in [3.8, 4) is 0 Å². The molecule has 278 valence electrons. The van der Waals surface area contributed by atoms with Crippen LogP contribution in [0.5, 0.6) is 0 Å². The van der Waals surface area contributed by atoms with Gasteiger partial charge in [-0.1, -0.05) is 60.7 Å². The minimum absolute atomic E-state index is 0.0171. The second-order valence-corrected chi connectivity index (χ2v) is 19.0. The highest BCUT2D eigenvalue weighted by molar-refractivity contribution is 7.94. The Bertz CT molecular complexity index is 2230. The first kappa shape index (κ1) is 36.0. The van der Waals surface area contributed by atoms with E-state index >= 15 is 0 Å². The molecule has 8 rings (SSSR count). The van der Waals surface area contributed by atoms with E-state index in [-0.39, 0.29) is 31.8 Å². The molecule has 16 nitrogen and oxygen atoms in total. The quantitative estimate of drug-likeness (QED) is 0.190. The second-order valence-electron chi connectivity index (χ2n) is 13.9. The summed E-state index contributed by atoms with van der Waals surface area (Å²) in [5, 5.41) is 7.35. The van der Waals surface area contributed by atoms with Gasteiger partial charge in [0, 0.05) is 37.9 Å². The number of rotatable bonds is 9. The summed E-state index contributed by atoms with van der Waals surface area (Å²) < 4.78 is 58.1. The molecule has 4 aliphatic rings. The molecule has 4 aliphatic heterocycles. The highest BCUT2D eigenvalue weighted by Crippen LogP contribution is 2.48. The molecule has 1 N–H and O–H groups in total. The molecule has 4 fully saturated rings. The number of hydrogen-bond donors (Lipinski definition) is 1. The highest BCUT2D eigenvalue weighted by atomic mass is 32.2. The van der Waals surface area contributed by atoms with Gasteiger partial charge >= 0.3 is 11.9 Å². The van der Waals surface area contributed by atoms with Crippen LogP contribution in [0.3, 0.4) is 0 Å². The molecule has 0 bridgehead atoms.